The maximum absolute atomic E-state index is 6.14. The summed E-state index contributed by atoms with van der Waals surface area (Å²) in [6, 6.07) is 8.57. The number of nitrogens with zero attached hydrogens (tertiary/aromatic N) is 3. The molecule has 0 spiro atoms. The molecule has 1 fully saturated rings. The highest BCUT2D eigenvalue weighted by atomic mass is 35.5. The van der Waals surface area contributed by atoms with Gasteiger partial charge in [-0.2, -0.15) is 0 Å². The molecule has 0 amide bonds. The molecule has 25 heavy (non-hydrogen) atoms. The number of hydrogen-bond donors (Lipinski definition) is 0. The lowest BCUT2D eigenvalue weighted by atomic mass is 10.0. The molecule has 1 atom stereocenters. The van der Waals surface area contributed by atoms with Crippen molar-refractivity contribution in [3.05, 3.63) is 52.3 Å². The predicted octanol–water partition coefficient (Wildman–Crippen LogP) is 4.24. The minimum atomic E-state index is 0.406. The molecule has 2 heterocycles. The normalized spacial score (nSPS) is 16.8. The quantitative estimate of drug-likeness (QED) is 0.816. The number of ether oxygens (including phenoxy) is 1. The highest BCUT2D eigenvalue weighted by Crippen LogP contribution is 2.31. The van der Waals surface area contributed by atoms with E-state index in [1.807, 2.05) is 18.3 Å². The number of anilines is 1. The summed E-state index contributed by atoms with van der Waals surface area (Å²) in [7, 11) is 1.66. The second kappa shape index (κ2) is 7.63. The van der Waals surface area contributed by atoms with Crippen molar-refractivity contribution in [3.8, 4) is 5.75 Å². The van der Waals surface area contributed by atoms with Crippen molar-refractivity contribution in [1.29, 1.82) is 0 Å². The van der Waals surface area contributed by atoms with Crippen molar-refractivity contribution in [2.75, 3.05) is 38.2 Å². The average Bonchev–Trinajstić information content (AvgIpc) is 2.64. The number of aromatic nitrogens is 1. The highest BCUT2D eigenvalue weighted by Gasteiger charge is 2.24. The van der Waals surface area contributed by atoms with Crippen molar-refractivity contribution in [1.82, 2.24) is 9.88 Å². The molecule has 5 heteroatoms. The smallest absolute Gasteiger partial charge is 0.139 e. The molecule has 2 aromatic rings. The average molecular weight is 360 g/mol. The summed E-state index contributed by atoms with van der Waals surface area (Å²) >= 11 is 6.14. The lowest BCUT2D eigenvalue weighted by Gasteiger charge is -2.39. The number of rotatable bonds is 4. The van der Waals surface area contributed by atoms with E-state index in [4.69, 9.17) is 16.3 Å². The van der Waals surface area contributed by atoms with E-state index in [-0.39, 0.29) is 0 Å². The van der Waals surface area contributed by atoms with E-state index in [9.17, 15) is 0 Å². The zero-order valence-electron chi connectivity index (χ0n) is 15.4. The Bertz CT molecular complexity index is 742. The minimum absolute atomic E-state index is 0.406. The van der Waals surface area contributed by atoms with Gasteiger partial charge < -0.3 is 9.64 Å². The second-order valence-corrected chi connectivity index (χ2v) is 7.04. The molecule has 1 aliphatic heterocycles. The van der Waals surface area contributed by atoms with E-state index < -0.39 is 0 Å². The van der Waals surface area contributed by atoms with E-state index in [0.29, 0.717) is 11.1 Å². The summed E-state index contributed by atoms with van der Waals surface area (Å²) in [5.41, 5.74) is 4.98. The summed E-state index contributed by atoms with van der Waals surface area (Å²) in [5, 5.41) is 0.655. The Hall–Kier alpha value is -1.78. The Morgan fingerprint density at radius 3 is 2.52 bits per heavy atom. The largest absolute Gasteiger partial charge is 0.495 e. The second-order valence-electron chi connectivity index (χ2n) is 6.63. The molecule has 0 saturated carbocycles. The van der Waals surface area contributed by atoms with Gasteiger partial charge >= 0.3 is 0 Å². The van der Waals surface area contributed by atoms with Gasteiger partial charge in [-0.1, -0.05) is 11.6 Å². The molecule has 1 aromatic heterocycles. The monoisotopic (exact) mass is 359 g/mol. The van der Waals surface area contributed by atoms with Gasteiger partial charge in [-0.15, -0.1) is 0 Å². The zero-order valence-corrected chi connectivity index (χ0v) is 16.2. The first-order valence-corrected chi connectivity index (χ1v) is 9.13. The first kappa shape index (κ1) is 18.0. The van der Waals surface area contributed by atoms with Crippen LogP contribution in [-0.2, 0) is 0 Å². The Morgan fingerprint density at radius 2 is 1.84 bits per heavy atom. The molecule has 1 aromatic carbocycles. The molecule has 1 saturated heterocycles. The molecular weight excluding hydrogens is 334 g/mol. The summed E-state index contributed by atoms with van der Waals surface area (Å²) in [5.74, 6) is 0.734. The molecule has 0 aliphatic carbocycles. The Kier molecular flexibility index (Phi) is 5.50. The van der Waals surface area contributed by atoms with Crippen LogP contribution in [0.2, 0.25) is 5.02 Å². The van der Waals surface area contributed by atoms with Crippen LogP contribution in [0.25, 0.3) is 0 Å². The summed E-state index contributed by atoms with van der Waals surface area (Å²) < 4.78 is 5.34. The predicted molar refractivity (Wildman–Crippen MR) is 104 cm³/mol. The van der Waals surface area contributed by atoms with Crippen molar-refractivity contribution < 1.29 is 4.74 Å². The van der Waals surface area contributed by atoms with E-state index in [1.165, 1.54) is 16.8 Å². The zero-order chi connectivity index (χ0) is 18.0. The van der Waals surface area contributed by atoms with Gasteiger partial charge in [0.2, 0.25) is 0 Å². The van der Waals surface area contributed by atoms with E-state index >= 15 is 0 Å². The molecule has 1 unspecified atom stereocenters. The van der Waals surface area contributed by atoms with Crippen LogP contribution in [0.1, 0.15) is 29.8 Å². The van der Waals surface area contributed by atoms with Crippen LogP contribution in [0.15, 0.2) is 30.5 Å². The molecule has 4 nitrogen and oxygen atoms in total. The van der Waals surface area contributed by atoms with Crippen molar-refractivity contribution in [3.63, 3.8) is 0 Å². The number of halogens is 1. The van der Waals surface area contributed by atoms with E-state index in [0.717, 1.165) is 37.6 Å². The number of methoxy groups -OCH3 is 1. The van der Waals surface area contributed by atoms with Gasteiger partial charge in [0.1, 0.15) is 5.75 Å². The van der Waals surface area contributed by atoms with Crippen molar-refractivity contribution in [2.24, 2.45) is 0 Å². The third kappa shape index (κ3) is 3.75. The molecule has 1 aliphatic rings. The molecule has 3 rings (SSSR count). The first-order valence-electron chi connectivity index (χ1n) is 8.76. The van der Waals surface area contributed by atoms with Crippen molar-refractivity contribution >= 4 is 17.3 Å². The summed E-state index contributed by atoms with van der Waals surface area (Å²) in [4.78, 5) is 9.34. The van der Waals surface area contributed by atoms with E-state index in [1.54, 1.807) is 7.11 Å². The molecule has 0 bridgehead atoms. The van der Waals surface area contributed by atoms with Crippen LogP contribution in [0.5, 0.6) is 5.75 Å². The fourth-order valence-corrected chi connectivity index (χ4v) is 3.72. The first-order chi connectivity index (χ1) is 12.0. The van der Waals surface area contributed by atoms with Crippen LogP contribution in [0.4, 0.5) is 5.69 Å². The van der Waals surface area contributed by atoms with Gasteiger partial charge in [0.25, 0.3) is 0 Å². The van der Waals surface area contributed by atoms with Gasteiger partial charge in [0.15, 0.2) is 0 Å². The lowest BCUT2D eigenvalue weighted by Crippen LogP contribution is -2.47. The minimum Gasteiger partial charge on any atom is -0.495 e. The van der Waals surface area contributed by atoms with Gasteiger partial charge in [-0.05, 0) is 50.1 Å². The Morgan fingerprint density at radius 1 is 1.12 bits per heavy atom. The fourth-order valence-electron chi connectivity index (χ4n) is 3.52. The standard InChI is InChI=1S/C20H26ClN3O/c1-14-15(2)22-8-7-18(14)16(3)23-9-11-24(12-10-23)17-5-6-19(21)20(13-17)25-4/h5-8,13,16H,9-12H2,1-4H3. The van der Waals surface area contributed by atoms with Crippen LogP contribution < -0.4 is 9.64 Å². The number of benzene rings is 1. The van der Waals surface area contributed by atoms with Gasteiger partial charge in [-0.25, -0.2) is 0 Å². The summed E-state index contributed by atoms with van der Waals surface area (Å²) in [6.45, 7) is 10.6. The van der Waals surface area contributed by atoms with Crippen LogP contribution in [0.3, 0.4) is 0 Å². The molecular formula is C20H26ClN3O. The SMILES string of the molecule is COc1cc(N2CCN(C(C)c3ccnc(C)c3C)CC2)ccc1Cl. The number of aryl methyl sites for hydroxylation is 1. The third-order valence-corrected chi connectivity index (χ3v) is 5.62. The topological polar surface area (TPSA) is 28.6 Å². The van der Waals surface area contributed by atoms with Gasteiger partial charge in [-0.3, -0.25) is 9.88 Å². The molecule has 0 radical (unpaired) electrons. The fraction of sp³-hybridized carbons (Fsp3) is 0.450. The summed E-state index contributed by atoms with van der Waals surface area (Å²) in [6.07, 6.45) is 1.92. The number of pyridine rings is 1. The van der Waals surface area contributed by atoms with Gasteiger partial charge in [0.05, 0.1) is 12.1 Å². The molecule has 134 valence electrons. The number of hydrogen-bond acceptors (Lipinski definition) is 4. The van der Waals surface area contributed by atoms with Crippen LogP contribution in [-0.4, -0.2) is 43.2 Å². The molecule has 0 N–H and O–H groups in total. The van der Waals surface area contributed by atoms with E-state index in [2.05, 4.69) is 47.7 Å². The van der Waals surface area contributed by atoms with Gasteiger partial charge in [0, 0.05) is 55.9 Å². The maximum Gasteiger partial charge on any atom is 0.139 e. The Labute approximate surface area is 155 Å². The third-order valence-electron chi connectivity index (χ3n) is 5.31. The number of piperazine rings is 1. The van der Waals surface area contributed by atoms with Crippen molar-refractivity contribution in [2.45, 2.75) is 26.8 Å². The maximum atomic E-state index is 6.14. The Balaban J connectivity index is 1.68. The van der Waals surface area contributed by atoms with Crippen LogP contribution in [0, 0.1) is 13.8 Å². The highest BCUT2D eigenvalue weighted by molar-refractivity contribution is 6.32. The van der Waals surface area contributed by atoms with Crippen LogP contribution >= 0.6 is 11.6 Å². The lowest BCUT2D eigenvalue weighted by molar-refractivity contribution is 0.198.